The molecule has 6 nitrogen and oxygen atoms in total. The van der Waals surface area contributed by atoms with Crippen LogP contribution in [0.5, 0.6) is 5.75 Å². The minimum Gasteiger partial charge on any atom is -0.497 e. The summed E-state index contributed by atoms with van der Waals surface area (Å²) in [5.74, 6) is 1.07. The van der Waals surface area contributed by atoms with Gasteiger partial charge in [0.05, 0.1) is 12.7 Å². The van der Waals surface area contributed by atoms with Crippen LogP contribution in [0.4, 0.5) is 5.69 Å². The molecule has 2 aromatic rings. The summed E-state index contributed by atoms with van der Waals surface area (Å²) in [6.45, 7) is 6.64. The maximum Gasteiger partial charge on any atom is 0.256 e. The Bertz CT molecular complexity index is 967. The number of benzene rings is 2. The third-order valence-electron chi connectivity index (χ3n) is 6.75. The lowest BCUT2D eigenvalue weighted by Gasteiger charge is -2.26. The van der Waals surface area contributed by atoms with Gasteiger partial charge in [-0.15, -0.1) is 0 Å². The summed E-state index contributed by atoms with van der Waals surface area (Å²) in [4.78, 5) is 32.6. The van der Waals surface area contributed by atoms with Crippen LogP contribution in [0.2, 0.25) is 0 Å². The summed E-state index contributed by atoms with van der Waals surface area (Å²) in [6, 6.07) is 14.1. The van der Waals surface area contributed by atoms with Gasteiger partial charge in [-0.3, -0.25) is 9.59 Å². The molecule has 0 spiro atoms. The highest BCUT2D eigenvalue weighted by Crippen LogP contribution is 2.27. The molecule has 0 saturated carbocycles. The minimum atomic E-state index is 0.0909. The highest BCUT2D eigenvalue weighted by molar-refractivity contribution is 6.00. The van der Waals surface area contributed by atoms with Crippen molar-refractivity contribution in [3.8, 4) is 5.75 Å². The smallest absolute Gasteiger partial charge is 0.256 e. The first kappa shape index (κ1) is 23.1. The molecule has 2 amide bonds. The van der Waals surface area contributed by atoms with E-state index in [1.54, 1.807) is 7.11 Å². The first-order chi connectivity index (χ1) is 16.0. The Kier molecular flexibility index (Phi) is 7.53. The van der Waals surface area contributed by atoms with Crippen LogP contribution in [0.25, 0.3) is 0 Å². The van der Waals surface area contributed by atoms with E-state index in [9.17, 15) is 9.59 Å². The molecule has 33 heavy (non-hydrogen) atoms. The van der Waals surface area contributed by atoms with E-state index in [1.165, 1.54) is 12.8 Å². The van der Waals surface area contributed by atoms with Crippen LogP contribution in [0.15, 0.2) is 42.5 Å². The second kappa shape index (κ2) is 10.7. The molecule has 2 aliphatic rings. The van der Waals surface area contributed by atoms with Crippen molar-refractivity contribution < 1.29 is 14.3 Å². The van der Waals surface area contributed by atoms with Crippen molar-refractivity contribution >= 4 is 17.5 Å². The fraction of sp³-hybridized carbons (Fsp3) is 0.481. The number of aryl methyl sites for hydroxylation is 2. The van der Waals surface area contributed by atoms with Gasteiger partial charge in [-0.2, -0.15) is 0 Å². The molecule has 0 bridgehead atoms. The summed E-state index contributed by atoms with van der Waals surface area (Å²) in [5, 5.41) is 0. The van der Waals surface area contributed by atoms with Crippen molar-refractivity contribution in [2.75, 3.05) is 51.3 Å². The number of methoxy groups -OCH3 is 1. The molecule has 0 atom stereocenters. The highest BCUT2D eigenvalue weighted by atomic mass is 16.5. The predicted molar refractivity (Wildman–Crippen MR) is 131 cm³/mol. The Morgan fingerprint density at radius 1 is 0.848 bits per heavy atom. The average molecular weight is 450 g/mol. The van der Waals surface area contributed by atoms with Crippen LogP contribution in [0.1, 0.15) is 47.2 Å². The number of amides is 2. The minimum absolute atomic E-state index is 0.0909. The topological polar surface area (TPSA) is 53.1 Å². The third-order valence-corrected chi connectivity index (χ3v) is 6.75. The van der Waals surface area contributed by atoms with Gasteiger partial charge in [0.1, 0.15) is 5.75 Å². The van der Waals surface area contributed by atoms with Crippen molar-refractivity contribution in [3.05, 3.63) is 59.2 Å². The predicted octanol–water partition coefficient (Wildman–Crippen LogP) is 3.91. The van der Waals surface area contributed by atoms with Crippen molar-refractivity contribution in [2.24, 2.45) is 0 Å². The van der Waals surface area contributed by atoms with E-state index in [2.05, 4.69) is 17.0 Å². The van der Waals surface area contributed by atoms with Crippen molar-refractivity contribution in [1.29, 1.82) is 0 Å². The summed E-state index contributed by atoms with van der Waals surface area (Å²) in [5.41, 5.74) is 4.09. The summed E-state index contributed by atoms with van der Waals surface area (Å²) >= 11 is 0. The van der Waals surface area contributed by atoms with Crippen LogP contribution >= 0.6 is 0 Å². The number of carbonyl (C=O) groups excluding carboxylic acids is 2. The molecule has 2 fully saturated rings. The van der Waals surface area contributed by atoms with Gasteiger partial charge < -0.3 is 19.4 Å². The van der Waals surface area contributed by atoms with E-state index in [1.807, 2.05) is 47.1 Å². The SMILES string of the molecule is COc1ccc(CCC(=O)N2CCCN(C(=O)c3cc(C)ccc3N3CCCC3)CC2)cc1. The zero-order chi connectivity index (χ0) is 23.2. The first-order valence-corrected chi connectivity index (χ1v) is 12.1. The number of anilines is 1. The Labute approximate surface area is 197 Å². The lowest BCUT2D eigenvalue weighted by Crippen LogP contribution is -2.38. The number of carbonyl (C=O) groups is 2. The van der Waals surface area contributed by atoms with Gasteiger partial charge in [0.25, 0.3) is 5.91 Å². The van der Waals surface area contributed by atoms with Gasteiger partial charge in [-0.05, 0) is 62.4 Å². The normalized spacial score (nSPS) is 16.6. The number of rotatable bonds is 6. The molecule has 2 heterocycles. The molecule has 2 aromatic carbocycles. The highest BCUT2D eigenvalue weighted by Gasteiger charge is 2.26. The van der Waals surface area contributed by atoms with E-state index < -0.39 is 0 Å². The maximum absolute atomic E-state index is 13.5. The lowest BCUT2D eigenvalue weighted by molar-refractivity contribution is -0.131. The van der Waals surface area contributed by atoms with E-state index in [4.69, 9.17) is 4.74 Å². The first-order valence-electron chi connectivity index (χ1n) is 12.1. The third kappa shape index (κ3) is 5.67. The van der Waals surface area contributed by atoms with E-state index in [0.29, 0.717) is 39.0 Å². The number of hydrogen-bond acceptors (Lipinski definition) is 4. The molecule has 2 aliphatic heterocycles. The molecule has 6 heteroatoms. The fourth-order valence-corrected chi connectivity index (χ4v) is 4.80. The molecule has 0 N–H and O–H groups in total. The molecule has 0 radical (unpaired) electrons. The van der Waals surface area contributed by atoms with Gasteiger partial charge >= 0.3 is 0 Å². The monoisotopic (exact) mass is 449 g/mol. The Morgan fingerprint density at radius 3 is 2.27 bits per heavy atom. The van der Waals surface area contributed by atoms with Gasteiger partial charge in [0.15, 0.2) is 0 Å². The summed E-state index contributed by atoms with van der Waals surface area (Å²) in [6.07, 6.45) is 4.37. The second-order valence-corrected chi connectivity index (χ2v) is 9.09. The lowest BCUT2D eigenvalue weighted by atomic mass is 10.1. The number of hydrogen-bond donors (Lipinski definition) is 0. The van der Waals surface area contributed by atoms with Crippen LogP contribution in [-0.4, -0.2) is 68.0 Å². The van der Waals surface area contributed by atoms with E-state index in [0.717, 1.165) is 47.6 Å². The molecule has 0 unspecified atom stereocenters. The van der Waals surface area contributed by atoms with E-state index >= 15 is 0 Å². The van der Waals surface area contributed by atoms with Gasteiger partial charge in [0, 0.05) is 51.4 Å². The average Bonchev–Trinajstić information content (AvgIpc) is 3.26. The van der Waals surface area contributed by atoms with Crippen molar-refractivity contribution in [1.82, 2.24) is 9.80 Å². The number of ether oxygens (including phenoxy) is 1. The van der Waals surface area contributed by atoms with Crippen LogP contribution in [0.3, 0.4) is 0 Å². The van der Waals surface area contributed by atoms with Crippen molar-refractivity contribution in [3.63, 3.8) is 0 Å². The molecule has 176 valence electrons. The van der Waals surface area contributed by atoms with Gasteiger partial charge in [-0.1, -0.05) is 23.8 Å². The largest absolute Gasteiger partial charge is 0.497 e. The maximum atomic E-state index is 13.5. The van der Waals surface area contributed by atoms with Crippen LogP contribution in [-0.2, 0) is 11.2 Å². The van der Waals surface area contributed by atoms with E-state index in [-0.39, 0.29) is 11.8 Å². The zero-order valence-electron chi connectivity index (χ0n) is 19.9. The second-order valence-electron chi connectivity index (χ2n) is 9.09. The molecule has 0 aromatic heterocycles. The molecule has 0 aliphatic carbocycles. The Morgan fingerprint density at radius 2 is 1.55 bits per heavy atom. The quantitative estimate of drug-likeness (QED) is 0.671. The molecule has 4 rings (SSSR count). The van der Waals surface area contributed by atoms with Crippen molar-refractivity contribution in [2.45, 2.75) is 39.0 Å². The van der Waals surface area contributed by atoms with Crippen LogP contribution < -0.4 is 9.64 Å². The molecular formula is C27H35N3O3. The van der Waals surface area contributed by atoms with Gasteiger partial charge in [-0.25, -0.2) is 0 Å². The zero-order valence-corrected chi connectivity index (χ0v) is 19.9. The Hall–Kier alpha value is -3.02. The van der Waals surface area contributed by atoms with Crippen LogP contribution in [0, 0.1) is 6.92 Å². The molecular weight excluding hydrogens is 414 g/mol. The summed E-state index contributed by atoms with van der Waals surface area (Å²) in [7, 11) is 1.65. The standard InChI is InChI=1S/C27H35N3O3/c1-21-6-12-25(28-14-3-4-15-28)24(20-21)27(32)30-17-5-16-29(18-19-30)26(31)13-9-22-7-10-23(33-2)11-8-22/h6-8,10-12,20H,3-5,9,13-19H2,1-2H3. The number of nitrogens with zero attached hydrogens (tertiary/aromatic N) is 3. The van der Waals surface area contributed by atoms with Gasteiger partial charge in [0.2, 0.25) is 5.91 Å². The Balaban J connectivity index is 1.36. The molecule has 2 saturated heterocycles. The fourth-order valence-electron chi connectivity index (χ4n) is 4.80. The summed E-state index contributed by atoms with van der Waals surface area (Å²) < 4.78 is 5.20.